The first-order valence-electron chi connectivity index (χ1n) is 10.9. The summed E-state index contributed by atoms with van der Waals surface area (Å²) in [5.41, 5.74) is 5.14. The minimum Gasteiger partial charge on any atom is -0.352 e. The summed E-state index contributed by atoms with van der Waals surface area (Å²) < 4.78 is 0. The molecule has 0 fully saturated rings. The number of nitrogens with one attached hydrogen (secondary N) is 2. The largest absolute Gasteiger partial charge is 0.352 e. The van der Waals surface area contributed by atoms with Crippen molar-refractivity contribution in [1.82, 2.24) is 10.3 Å². The van der Waals surface area contributed by atoms with Gasteiger partial charge < -0.3 is 10.6 Å². The molecule has 0 bridgehead atoms. The molecule has 1 aromatic heterocycles. The molecular formula is C27H25N3O2S2. The third-order valence-electron chi connectivity index (χ3n) is 5.13. The zero-order valence-corrected chi connectivity index (χ0v) is 20.4. The molecule has 7 heteroatoms. The summed E-state index contributed by atoms with van der Waals surface area (Å²) in [6, 6.07) is 28.3. The van der Waals surface area contributed by atoms with Crippen LogP contribution in [0.25, 0.3) is 11.3 Å². The summed E-state index contributed by atoms with van der Waals surface area (Å²) in [6.07, 6.45) is 0. The van der Waals surface area contributed by atoms with Gasteiger partial charge in [-0.3, -0.25) is 9.59 Å². The lowest BCUT2D eigenvalue weighted by molar-refractivity contribution is -0.119. The van der Waals surface area contributed by atoms with Gasteiger partial charge in [0.25, 0.3) is 0 Å². The first-order valence-corrected chi connectivity index (χ1v) is 12.8. The first-order chi connectivity index (χ1) is 16.6. The van der Waals surface area contributed by atoms with Crippen LogP contribution in [-0.4, -0.2) is 22.6 Å². The Morgan fingerprint density at radius 3 is 2.12 bits per heavy atom. The molecule has 0 aliphatic heterocycles. The van der Waals surface area contributed by atoms with Gasteiger partial charge in [-0.2, -0.15) is 0 Å². The molecular weight excluding hydrogens is 462 g/mol. The lowest BCUT2D eigenvalue weighted by Gasteiger charge is -2.17. The van der Waals surface area contributed by atoms with Crippen molar-refractivity contribution in [2.45, 2.75) is 18.7 Å². The van der Waals surface area contributed by atoms with Crippen LogP contribution in [0.3, 0.4) is 0 Å². The molecule has 0 aliphatic rings. The summed E-state index contributed by atoms with van der Waals surface area (Å²) in [5, 5.41) is 8.31. The van der Waals surface area contributed by atoms with Crippen molar-refractivity contribution >= 4 is 40.0 Å². The van der Waals surface area contributed by atoms with E-state index >= 15 is 0 Å². The van der Waals surface area contributed by atoms with E-state index in [0.717, 1.165) is 16.8 Å². The fraction of sp³-hybridized carbons (Fsp3) is 0.148. The molecule has 4 rings (SSSR count). The maximum absolute atomic E-state index is 12.7. The Morgan fingerprint density at radius 2 is 1.53 bits per heavy atom. The molecule has 0 atom stereocenters. The smallest absolute Gasteiger partial charge is 0.236 e. The van der Waals surface area contributed by atoms with Crippen LogP contribution in [0.1, 0.15) is 28.9 Å². The summed E-state index contributed by atoms with van der Waals surface area (Å²) in [5.74, 6) is 0.190. The standard InChI is InChI=1S/C27H25N3O2S2/c1-19(31)28-16-20-12-14-21(15-13-20)24-17-34-27(29-24)30-25(32)18-33-26(22-8-4-2-5-9-22)23-10-6-3-7-11-23/h2-15,17,26H,16,18H2,1H3,(H,28,31)(H,29,30,32). The van der Waals surface area contributed by atoms with E-state index in [1.165, 1.54) is 29.4 Å². The van der Waals surface area contributed by atoms with Crippen molar-refractivity contribution in [2.75, 3.05) is 11.1 Å². The van der Waals surface area contributed by atoms with E-state index in [0.29, 0.717) is 17.4 Å². The van der Waals surface area contributed by atoms with E-state index in [1.807, 2.05) is 66.0 Å². The van der Waals surface area contributed by atoms with Gasteiger partial charge in [0.05, 0.1) is 16.7 Å². The second-order valence-corrected chi connectivity index (χ2v) is 9.66. The molecule has 2 N–H and O–H groups in total. The number of thiazole rings is 1. The van der Waals surface area contributed by atoms with Crippen LogP contribution < -0.4 is 10.6 Å². The minimum absolute atomic E-state index is 0.0546. The number of nitrogens with zero attached hydrogens (tertiary/aromatic N) is 1. The number of thioether (sulfide) groups is 1. The van der Waals surface area contributed by atoms with E-state index in [2.05, 4.69) is 39.9 Å². The van der Waals surface area contributed by atoms with E-state index in [-0.39, 0.29) is 17.1 Å². The van der Waals surface area contributed by atoms with Gasteiger partial charge in [-0.05, 0) is 16.7 Å². The third kappa shape index (κ3) is 6.56. The molecule has 0 saturated carbocycles. The number of rotatable bonds is 9. The SMILES string of the molecule is CC(=O)NCc1ccc(-c2csc(NC(=O)CSC(c3ccccc3)c3ccccc3)n2)cc1. The van der Waals surface area contributed by atoms with Crippen molar-refractivity contribution in [3.8, 4) is 11.3 Å². The van der Waals surface area contributed by atoms with E-state index in [1.54, 1.807) is 11.8 Å². The van der Waals surface area contributed by atoms with Gasteiger partial charge in [-0.1, -0.05) is 84.9 Å². The number of anilines is 1. The average molecular weight is 488 g/mol. The van der Waals surface area contributed by atoms with Gasteiger partial charge in [0.15, 0.2) is 5.13 Å². The number of aromatic nitrogens is 1. The summed E-state index contributed by atoms with van der Waals surface area (Å²) in [6.45, 7) is 2.00. The van der Waals surface area contributed by atoms with Crippen molar-refractivity contribution < 1.29 is 9.59 Å². The topological polar surface area (TPSA) is 71.1 Å². The Bertz CT molecular complexity index is 1190. The number of hydrogen-bond acceptors (Lipinski definition) is 5. The van der Waals surface area contributed by atoms with Crippen LogP contribution in [0.15, 0.2) is 90.3 Å². The molecule has 0 radical (unpaired) electrons. The maximum atomic E-state index is 12.7. The highest BCUT2D eigenvalue weighted by molar-refractivity contribution is 8.00. The summed E-state index contributed by atoms with van der Waals surface area (Å²) >= 11 is 3.01. The minimum atomic E-state index is -0.0755. The normalized spacial score (nSPS) is 10.8. The van der Waals surface area contributed by atoms with Crippen molar-refractivity contribution in [1.29, 1.82) is 0 Å². The number of amides is 2. The highest BCUT2D eigenvalue weighted by Crippen LogP contribution is 2.35. The van der Waals surface area contributed by atoms with Crippen LogP contribution in [0.2, 0.25) is 0 Å². The van der Waals surface area contributed by atoms with Crippen LogP contribution in [-0.2, 0) is 16.1 Å². The van der Waals surface area contributed by atoms with E-state index in [4.69, 9.17) is 0 Å². The van der Waals surface area contributed by atoms with Gasteiger partial charge in [-0.15, -0.1) is 23.1 Å². The Labute approximate surface area is 207 Å². The molecule has 0 spiro atoms. The predicted octanol–water partition coefficient (Wildman–Crippen LogP) is 5.91. The van der Waals surface area contributed by atoms with Gasteiger partial charge >= 0.3 is 0 Å². The molecule has 4 aromatic rings. The molecule has 2 amide bonds. The first kappa shape index (κ1) is 23.7. The molecule has 3 aromatic carbocycles. The quantitative estimate of drug-likeness (QED) is 0.308. The van der Waals surface area contributed by atoms with Crippen LogP contribution in [0.4, 0.5) is 5.13 Å². The van der Waals surface area contributed by atoms with Crippen LogP contribution >= 0.6 is 23.1 Å². The van der Waals surface area contributed by atoms with Gasteiger partial charge in [0.1, 0.15) is 0 Å². The van der Waals surface area contributed by atoms with E-state index < -0.39 is 0 Å². The molecule has 0 saturated heterocycles. The fourth-order valence-electron chi connectivity index (χ4n) is 3.44. The average Bonchev–Trinajstić information content (AvgIpc) is 3.33. The molecule has 172 valence electrons. The van der Waals surface area contributed by atoms with Gasteiger partial charge in [-0.25, -0.2) is 4.98 Å². The van der Waals surface area contributed by atoms with Crippen LogP contribution in [0.5, 0.6) is 0 Å². The zero-order chi connectivity index (χ0) is 23.8. The van der Waals surface area contributed by atoms with Gasteiger partial charge in [0.2, 0.25) is 11.8 Å². The molecule has 1 heterocycles. The lowest BCUT2D eigenvalue weighted by atomic mass is 10.0. The fourth-order valence-corrected chi connectivity index (χ4v) is 5.26. The molecule has 5 nitrogen and oxygen atoms in total. The third-order valence-corrected chi connectivity index (χ3v) is 7.19. The maximum Gasteiger partial charge on any atom is 0.236 e. The Balaban J connectivity index is 1.36. The van der Waals surface area contributed by atoms with Crippen molar-refractivity contribution in [3.63, 3.8) is 0 Å². The second kappa shape index (κ2) is 11.6. The molecule has 34 heavy (non-hydrogen) atoms. The summed E-state index contributed by atoms with van der Waals surface area (Å²) in [4.78, 5) is 28.3. The zero-order valence-electron chi connectivity index (χ0n) is 18.7. The van der Waals surface area contributed by atoms with E-state index in [9.17, 15) is 9.59 Å². The molecule has 0 aliphatic carbocycles. The Kier molecular flexibility index (Phi) is 8.12. The van der Waals surface area contributed by atoms with Crippen molar-refractivity contribution in [2.24, 2.45) is 0 Å². The Morgan fingerprint density at radius 1 is 0.912 bits per heavy atom. The highest BCUT2D eigenvalue weighted by Gasteiger charge is 2.17. The number of benzene rings is 3. The summed E-state index contributed by atoms with van der Waals surface area (Å²) in [7, 11) is 0. The van der Waals surface area contributed by atoms with Gasteiger partial charge in [0, 0.05) is 24.4 Å². The predicted molar refractivity (Wildman–Crippen MR) is 141 cm³/mol. The number of carbonyl (C=O) groups excluding carboxylic acids is 2. The van der Waals surface area contributed by atoms with Crippen LogP contribution in [0, 0.1) is 0 Å². The highest BCUT2D eigenvalue weighted by atomic mass is 32.2. The monoisotopic (exact) mass is 487 g/mol. The number of carbonyl (C=O) groups is 2. The molecule has 0 unspecified atom stereocenters. The van der Waals surface area contributed by atoms with Crippen molar-refractivity contribution in [3.05, 3.63) is 107 Å². The number of hydrogen-bond donors (Lipinski definition) is 2. The Hall–Kier alpha value is -3.42. The second-order valence-electron chi connectivity index (χ2n) is 7.71. The lowest BCUT2D eigenvalue weighted by Crippen LogP contribution is -2.18.